The van der Waals surface area contributed by atoms with Crippen LogP contribution < -0.4 is 0 Å². The maximum atomic E-state index is 5.64. The molecule has 1 aliphatic heterocycles. The fourth-order valence-corrected chi connectivity index (χ4v) is 1.84. The Kier molecular flexibility index (Phi) is 2.27. The van der Waals surface area contributed by atoms with Crippen molar-refractivity contribution in [3.8, 4) is 0 Å². The average Bonchev–Trinajstić information content (AvgIpc) is 2.24. The molecule has 2 unspecified atom stereocenters. The van der Waals surface area contributed by atoms with Gasteiger partial charge in [-0.1, -0.05) is 13.0 Å². The van der Waals surface area contributed by atoms with Gasteiger partial charge in [0.1, 0.15) is 18.8 Å². The van der Waals surface area contributed by atoms with E-state index < -0.39 is 0 Å². The molecule has 0 aromatic carbocycles. The van der Waals surface area contributed by atoms with Crippen LogP contribution in [0.3, 0.4) is 0 Å². The zero-order valence-corrected chi connectivity index (χ0v) is 8.87. The lowest BCUT2D eigenvalue weighted by atomic mass is 9.84. The Morgan fingerprint density at radius 3 is 2.86 bits per heavy atom. The summed E-state index contributed by atoms with van der Waals surface area (Å²) >= 11 is 0. The van der Waals surface area contributed by atoms with E-state index in [0.717, 1.165) is 11.5 Å². The molecule has 0 spiro atoms. The van der Waals surface area contributed by atoms with Crippen molar-refractivity contribution >= 4 is 0 Å². The largest absolute Gasteiger partial charge is 0.487 e. The standard InChI is InChI=1S/C11H16O3/c1-8-4-5-9-10(11(8,2)12-3)14-7-6-13-9/h4-5,8H,6-7H2,1-3H3. The predicted octanol–water partition coefficient (Wildman–Crippen LogP) is 1.86. The Morgan fingerprint density at radius 1 is 1.43 bits per heavy atom. The zero-order valence-electron chi connectivity index (χ0n) is 8.87. The third-order valence-corrected chi connectivity index (χ3v) is 3.09. The van der Waals surface area contributed by atoms with Crippen molar-refractivity contribution in [1.82, 2.24) is 0 Å². The molecule has 0 amide bonds. The Labute approximate surface area is 84.3 Å². The van der Waals surface area contributed by atoms with Crippen LogP contribution in [0.2, 0.25) is 0 Å². The van der Waals surface area contributed by atoms with Gasteiger partial charge in [-0.2, -0.15) is 0 Å². The second kappa shape index (κ2) is 3.31. The van der Waals surface area contributed by atoms with Gasteiger partial charge in [-0.15, -0.1) is 0 Å². The molecule has 2 aliphatic rings. The normalized spacial score (nSPS) is 36.1. The number of hydrogen-bond donors (Lipinski definition) is 0. The number of rotatable bonds is 1. The van der Waals surface area contributed by atoms with Crippen LogP contribution in [0, 0.1) is 5.92 Å². The minimum atomic E-state index is -0.384. The zero-order chi connectivity index (χ0) is 10.2. The van der Waals surface area contributed by atoms with E-state index in [9.17, 15) is 0 Å². The van der Waals surface area contributed by atoms with Crippen LogP contribution in [0.15, 0.2) is 23.7 Å². The number of allylic oxidation sites excluding steroid dienone is 1. The lowest BCUT2D eigenvalue weighted by molar-refractivity contribution is -0.0673. The van der Waals surface area contributed by atoms with E-state index in [-0.39, 0.29) is 5.60 Å². The molecule has 0 aromatic rings. The van der Waals surface area contributed by atoms with Gasteiger partial charge < -0.3 is 14.2 Å². The van der Waals surface area contributed by atoms with Gasteiger partial charge in [0, 0.05) is 13.0 Å². The predicted molar refractivity (Wildman–Crippen MR) is 52.6 cm³/mol. The molecule has 0 N–H and O–H groups in total. The highest BCUT2D eigenvalue weighted by molar-refractivity contribution is 5.31. The second-order valence-electron chi connectivity index (χ2n) is 3.85. The highest BCUT2D eigenvalue weighted by atomic mass is 16.6. The van der Waals surface area contributed by atoms with E-state index >= 15 is 0 Å². The second-order valence-corrected chi connectivity index (χ2v) is 3.85. The van der Waals surface area contributed by atoms with E-state index in [1.165, 1.54) is 0 Å². The summed E-state index contributed by atoms with van der Waals surface area (Å²) in [5.41, 5.74) is -0.384. The van der Waals surface area contributed by atoms with E-state index in [2.05, 4.69) is 13.0 Å². The molecular formula is C11H16O3. The number of hydrogen-bond acceptors (Lipinski definition) is 3. The van der Waals surface area contributed by atoms with Gasteiger partial charge in [-0.25, -0.2) is 0 Å². The Morgan fingerprint density at radius 2 is 2.14 bits per heavy atom. The quantitative estimate of drug-likeness (QED) is 0.640. The third kappa shape index (κ3) is 1.23. The molecule has 3 heteroatoms. The first-order chi connectivity index (χ1) is 6.68. The molecule has 0 saturated heterocycles. The Hall–Kier alpha value is -0.960. The maximum Gasteiger partial charge on any atom is 0.170 e. The molecule has 2 rings (SSSR count). The van der Waals surface area contributed by atoms with Gasteiger partial charge in [0.05, 0.1) is 0 Å². The van der Waals surface area contributed by atoms with Crippen LogP contribution in [-0.4, -0.2) is 25.9 Å². The first kappa shape index (κ1) is 9.59. The van der Waals surface area contributed by atoms with Crippen LogP contribution in [0.4, 0.5) is 0 Å². The molecule has 0 fully saturated rings. The summed E-state index contributed by atoms with van der Waals surface area (Å²) in [7, 11) is 1.71. The molecule has 1 heterocycles. The monoisotopic (exact) mass is 196 g/mol. The van der Waals surface area contributed by atoms with Gasteiger partial charge in [0.2, 0.25) is 0 Å². The highest BCUT2D eigenvalue weighted by Crippen LogP contribution is 2.38. The van der Waals surface area contributed by atoms with Crippen molar-refractivity contribution in [2.45, 2.75) is 19.4 Å². The molecule has 0 radical (unpaired) electrons. The van der Waals surface area contributed by atoms with Crippen molar-refractivity contribution < 1.29 is 14.2 Å². The van der Waals surface area contributed by atoms with Gasteiger partial charge in [0.15, 0.2) is 11.5 Å². The van der Waals surface area contributed by atoms with Crippen molar-refractivity contribution in [3.63, 3.8) is 0 Å². The van der Waals surface area contributed by atoms with Crippen LogP contribution in [0.5, 0.6) is 0 Å². The van der Waals surface area contributed by atoms with Crippen molar-refractivity contribution in [1.29, 1.82) is 0 Å². The fourth-order valence-electron chi connectivity index (χ4n) is 1.84. The molecule has 78 valence electrons. The fraction of sp³-hybridized carbons (Fsp3) is 0.636. The highest BCUT2D eigenvalue weighted by Gasteiger charge is 2.41. The first-order valence-electron chi connectivity index (χ1n) is 4.92. The third-order valence-electron chi connectivity index (χ3n) is 3.09. The average molecular weight is 196 g/mol. The molecule has 3 nitrogen and oxygen atoms in total. The minimum absolute atomic E-state index is 0.299. The Bertz CT molecular complexity index is 293. The maximum absolute atomic E-state index is 5.64. The summed E-state index contributed by atoms with van der Waals surface area (Å²) in [6.45, 7) is 5.38. The molecule has 14 heavy (non-hydrogen) atoms. The molecule has 0 aromatic heterocycles. The number of ether oxygens (including phenoxy) is 3. The van der Waals surface area contributed by atoms with Crippen molar-refractivity contribution in [3.05, 3.63) is 23.7 Å². The lowest BCUT2D eigenvalue weighted by Gasteiger charge is -2.39. The number of methoxy groups -OCH3 is 1. The van der Waals surface area contributed by atoms with Crippen molar-refractivity contribution in [2.75, 3.05) is 20.3 Å². The molecule has 2 atom stereocenters. The summed E-state index contributed by atoms with van der Waals surface area (Å²) in [5, 5.41) is 0. The Balaban J connectivity index is 2.40. The van der Waals surface area contributed by atoms with Gasteiger partial charge in [-0.3, -0.25) is 0 Å². The summed E-state index contributed by atoms with van der Waals surface area (Å²) in [4.78, 5) is 0. The van der Waals surface area contributed by atoms with Crippen LogP contribution in [0.25, 0.3) is 0 Å². The molecular weight excluding hydrogens is 180 g/mol. The molecule has 0 bridgehead atoms. The summed E-state index contributed by atoms with van der Waals surface area (Å²) in [5.74, 6) is 1.95. The van der Waals surface area contributed by atoms with E-state index in [1.807, 2.05) is 13.0 Å². The van der Waals surface area contributed by atoms with Gasteiger partial charge >= 0.3 is 0 Å². The minimum Gasteiger partial charge on any atom is -0.487 e. The molecule has 0 saturated carbocycles. The molecule has 1 aliphatic carbocycles. The summed E-state index contributed by atoms with van der Waals surface area (Å²) in [6.07, 6.45) is 4.07. The topological polar surface area (TPSA) is 27.7 Å². The van der Waals surface area contributed by atoms with Crippen LogP contribution >= 0.6 is 0 Å². The van der Waals surface area contributed by atoms with Gasteiger partial charge in [-0.05, 0) is 13.0 Å². The first-order valence-corrected chi connectivity index (χ1v) is 4.92. The summed E-state index contributed by atoms with van der Waals surface area (Å²) in [6, 6.07) is 0. The summed E-state index contributed by atoms with van der Waals surface area (Å²) < 4.78 is 16.7. The van der Waals surface area contributed by atoms with E-state index in [0.29, 0.717) is 19.1 Å². The lowest BCUT2D eigenvalue weighted by Crippen LogP contribution is -2.42. The van der Waals surface area contributed by atoms with Crippen molar-refractivity contribution in [2.24, 2.45) is 5.92 Å². The van der Waals surface area contributed by atoms with E-state index in [1.54, 1.807) is 7.11 Å². The van der Waals surface area contributed by atoms with Crippen LogP contribution in [-0.2, 0) is 14.2 Å². The van der Waals surface area contributed by atoms with Crippen LogP contribution in [0.1, 0.15) is 13.8 Å². The van der Waals surface area contributed by atoms with E-state index in [4.69, 9.17) is 14.2 Å². The van der Waals surface area contributed by atoms with Gasteiger partial charge in [0.25, 0.3) is 0 Å². The SMILES string of the molecule is COC1(C)C2=C(C=CC1C)OCCO2. The smallest absolute Gasteiger partial charge is 0.170 e.